The molecule has 2 aromatic carbocycles. The van der Waals surface area contributed by atoms with Gasteiger partial charge >= 0.3 is 0 Å². The number of fused-ring (bicyclic) bond motifs is 1. The number of likely N-dealkylation sites (tertiary alicyclic amines) is 1. The van der Waals surface area contributed by atoms with Crippen LogP contribution >= 0.6 is 0 Å². The molecule has 1 saturated heterocycles. The number of rotatable bonds is 7. The number of aliphatic hydroxyl groups is 1. The van der Waals surface area contributed by atoms with Gasteiger partial charge in [-0.05, 0) is 41.8 Å². The molecule has 1 aliphatic heterocycles. The van der Waals surface area contributed by atoms with Gasteiger partial charge in [-0.3, -0.25) is 19.3 Å². The molecule has 2 amide bonds. The highest BCUT2D eigenvalue weighted by Gasteiger charge is 2.28. The van der Waals surface area contributed by atoms with Crippen LogP contribution in [0.2, 0.25) is 0 Å². The third kappa shape index (κ3) is 5.27. The molecule has 0 radical (unpaired) electrons. The van der Waals surface area contributed by atoms with Crippen molar-refractivity contribution >= 4 is 22.8 Å². The molecule has 1 unspecified atom stereocenters. The number of amides is 2. The fourth-order valence-electron chi connectivity index (χ4n) is 4.25. The number of likely N-dealkylation sites (N-methyl/N-ethyl adjacent to an activating group) is 1. The number of benzene rings is 2. The Balaban J connectivity index is 1.58. The summed E-state index contributed by atoms with van der Waals surface area (Å²) in [6.45, 7) is 1.80. The molecule has 2 heterocycles. The number of nitrogens with two attached hydrogens (primary N) is 1. The number of H-pyrrole nitrogens is 1. The number of aromatic nitrogens is 2. The van der Waals surface area contributed by atoms with Gasteiger partial charge in [-0.2, -0.15) is 0 Å². The van der Waals surface area contributed by atoms with Crippen LogP contribution in [0.1, 0.15) is 33.9 Å². The molecule has 2 atom stereocenters. The lowest BCUT2D eigenvalue weighted by Crippen LogP contribution is -2.39. The number of carbonyl (C=O) groups is 2. The van der Waals surface area contributed by atoms with Crippen molar-refractivity contribution in [1.29, 1.82) is 0 Å². The van der Waals surface area contributed by atoms with Crippen LogP contribution in [0.25, 0.3) is 11.0 Å². The van der Waals surface area contributed by atoms with Crippen LogP contribution in [0.15, 0.2) is 53.5 Å². The fraction of sp³-hybridized carbons (Fsp3) is 0.333. The molecule has 0 bridgehead atoms. The minimum Gasteiger partial charge on any atom is -0.392 e. The highest BCUT2D eigenvalue weighted by molar-refractivity contribution is 5.93. The van der Waals surface area contributed by atoms with Gasteiger partial charge in [0.2, 0.25) is 11.8 Å². The van der Waals surface area contributed by atoms with Gasteiger partial charge in [0.1, 0.15) is 0 Å². The second-order valence-corrected chi connectivity index (χ2v) is 8.49. The predicted octanol–water partition coefficient (Wildman–Crippen LogP) is 0.831. The van der Waals surface area contributed by atoms with Gasteiger partial charge in [0, 0.05) is 32.2 Å². The molecule has 1 aromatic heterocycles. The van der Waals surface area contributed by atoms with E-state index < -0.39 is 5.91 Å². The highest BCUT2D eigenvalue weighted by atomic mass is 16.3. The van der Waals surface area contributed by atoms with Gasteiger partial charge in [-0.15, -0.1) is 0 Å². The second-order valence-electron chi connectivity index (χ2n) is 8.49. The van der Waals surface area contributed by atoms with E-state index in [1.54, 1.807) is 42.3 Å². The number of β-amino-alcohol motifs (C(OH)–C–C–N with tert-alkyl or cyclic N) is 1. The van der Waals surface area contributed by atoms with E-state index in [1.807, 2.05) is 12.1 Å². The first-order valence-electron chi connectivity index (χ1n) is 10.8. The van der Waals surface area contributed by atoms with E-state index in [9.17, 15) is 19.5 Å². The monoisotopic (exact) mass is 449 g/mol. The van der Waals surface area contributed by atoms with Crippen molar-refractivity contribution in [1.82, 2.24) is 19.8 Å². The van der Waals surface area contributed by atoms with E-state index in [0.717, 1.165) is 17.7 Å². The van der Waals surface area contributed by atoms with Crippen molar-refractivity contribution in [2.24, 2.45) is 5.73 Å². The Hall–Kier alpha value is -3.56. The Morgan fingerprint density at radius 1 is 1.30 bits per heavy atom. The van der Waals surface area contributed by atoms with Gasteiger partial charge in [-0.1, -0.05) is 18.2 Å². The van der Waals surface area contributed by atoms with Crippen LogP contribution in [0.5, 0.6) is 0 Å². The largest absolute Gasteiger partial charge is 0.392 e. The van der Waals surface area contributed by atoms with Crippen LogP contribution in [-0.2, 0) is 11.2 Å². The molecule has 0 saturated carbocycles. The predicted molar refractivity (Wildman–Crippen MR) is 124 cm³/mol. The van der Waals surface area contributed by atoms with Crippen molar-refractivity contribution in [3.05, 3.63) is 75.7 Å². The zero-order valence-electron chi connectivity index (χ0n) is 18.4. The first-order chi connectivity index (χ1) is 15.8. The maximum absolute atomic E-state index is 13.3. The number of aliphatic hydroxyl groups excluding tert-OH is 1. The fourth-order valence-corrected chi connectivity index (χ4v) is 4.25. The average Bonchev–Trinajstić information content (AvgIpc) is 3.21. The molecule has 3 aromatic rings. The quantitative estimate of drug-likeness (QED) is 0.489. The molecule has 4 N–H and O–H groups in total. The Morgan fingerprint density at radius 3 is 2.85 bits per heavy atom. The molecule has 9 nitrogen and oxygen atoms in total. The molecule has 1 aliphatic rings. The van der Waals surface area contributed by atoms with Crippen LogP contribution in [0.3, 0.4) is 0 Å². The number of hydrogen-bond acceptors (Lipinski definition) is 6. The number of aromatic amines is 1. The molecule has 33 heavy (non-hydrogen) atoms. The maximum Gasteiger partial charge on any atom is 0.266 e. The summed E-state index contributed by atoms with van der Waals surface area (Å²) < 4.78 is 0. The molecule has 172 valence electrons. The number of nitrogens with zero attached hydrogens (tertiary/aromatic N) is 3. The third-order valence-electron chi connectivity index (χ3n) is 6.09. The third-order valence-corrected chi connectivity index (χ3v) is 6.09. The summed E-state index contributed by atoms with van der Waals surface area (Å²) in [5, 5.41) is 9.93. The SMILES string of the molecule is CN(C(=O)Cc1ccc2ncc(=O)[nH]c2c1)[C@H](CN1CCC(O)C1)c1cccc(C(N)=O)c1. The molecule has 1 fully saturated rings. The number of hydrogen-bond donors (Lipinski definition) is 3. The smallest absolute Gasteiger partial charge is 0.266 e. The van der Waals surface area contributed by atoms with Crippen LogP contribution in [0.4, 0.5) is 0 Å². The zero-order valence-corrected chi connectivity index (χ0v) is 18.4. The van der Waals surface area contributed by atoms with E-state index in [0.29, 0.717) is 36.1 Å². The van der Waals surface area contributed by atoms with Crippen LogP contribution in [0, 0.1) is 0 Å². The molecule has 0 spiro atoms. The Labute approximate surface area is 190 Å². The van der Waals surface area contributed by atoms with Gasteiger partial charge in [-0.25, -0.2) is 4.98 Å². The Bertz CT molecular complexity index is 1240. The topological polar surface area (TPSA) is 133 Å². The van der Waals surface area contributed by atoms with E-state index in [2.05, 4.69) is 14.9 Å². The highest BCUT2D eigenvalue weighted by Crippen LogP contribution is 2.25. The molecular formula is C24H27N5O4. The Kier molecular flexibility index (Phi) is 6.52. The zero-order chi connectivity index (χ0) is 23.5. The van der Waals surface area contributed by atoms with Crippen molar-refractivity contribution in [3.8, 4) is 0 Å². The number of carbonyl (C=O) groups excluding carboxylic acids is 2. The van der Waals surface area contributed by atoms with E-state index in [4.69, 9.17) is 5.73 Å². The van der Waals surface area contributed by atoms with Crippen molar-refractivity contribution < 1.29 is 14.7 Å². The Morgan fingerprint density at radius 2 is 2.12 bits per heavy atom. The lowest BCUT2D eigenvalue weighted by Gasteiger charge is -2.32. The summed E-state index contributed by atoms with van der Waals surface area (Å²) in [4.78, 5) is 47.2. The van der Waals surface area contributed by atoms with Gasteiger partial charge in [0.25, 0.3) is 5.56 Å². The first kappa shape index (κ1) is 22.6. The normalized spacial score (nSPS) is 17.2. The van der Waals surface area contributed by atoms with Crippen molar-refractivity contribution in [2.75, 3.05) is 26.7 Å². The van der Waals surface area contributed by atoms with E-state index in [1.165, 1.54) is 6.20 Å². The lowest BCUT2D eigenvalue weighted by molar-refractivity contribution is -0.131. The minimum absolute atomic E-state index is 0.116. The summed E-state index contributed by atoms with van der Waals surface area (Å²) in [5.41, 5.74) is 8.32. The summed E-state index contributed by atoms with van der Waals surface area (Å²) in [7, 11) is 1.74. The summed E-state index contributed by atoms with van der Waals surface area (Å²) in [5.74, 6) is -0.644. The number of primary amides is 1. The second kappa shape index (κ2) is 9.51. The van der Waals surface area contributed by atoms with Crippen LogP contribution in [-0.4, -0.2) is 69.5 Å². The first-order valence-corrected chi connectivity index (χ1v) is 10.8. The molecular weight excluding hydrogens is 422 g/mol. The maximum atomic E-state index is 13.3. The van der Waals surface area contributed by atoms with E-state index in [-0.39, 0.29) is 30.0 Å². The van der Waals surface area contributed by atoms with E-state index >= 15 is 0 Å². The van der Waals surface area contributed by atoms with Gasteiger partial charge in [0.15, 0.2) is 0 Å². The minimum atomic E-state index is -0.528. The van der Waals surface area contributed by atoms with Crippen molar-refractivity contribution in [3.63, 3.8) is 0 Å². The number of nitrogens with one attached hydrogen (secondary N) is 1. The lowest BCUT2D eigenvalue weighted by atomic mass is 10.0. The summed E-state index contributed by atoms with van der Waals surface area (Å²) in [6, 6.07) is 12.0. The van der Waals surface area contributed by atoms with Crippen molar-refractivity contribution in [2.45, 2.75) is 25.0 Å². The summed E-state index contributed by atoms with van der Waals surface area (Å²) in [6.07, 6.45) is 1.67. The summed E-state index contributed by atoms with van der Waals surface area (Å²) >= 11 is 0. The molecule has 9 heteroatoms. The molecule has 0 aliphatic carbocycles. The van der Waals surface area contributed by atoms with Gasteiger partial charge in [0.05, 0.1) is 35.8 Å². The van der Waals surface area contributed by atoms with Gasteiger partial charge < -0.3 is 20.7 Å². The average molecular weight is 450 g/mol. The molecule has 4 rings (SSSR count). The van der Waals surface area contributed by atoms with Crippen LogP contribution < -0.4 is 11.3 Å². The standard InChI is InChI=1S/C24H27N5O4/c1-28(23(32)10-15-5-6-19-20(9-15)27-22(31)12-26-19)21(14-29-8-7-18(30)13-29)16-3-2-4-17(11-16)24(25)33/h2-6,9,11-12,18,21,30H,7-8,10,13-14H2,1H3,(H2,25,33)(H,27,31)/t18?,21-/m1/s1.